The third-order valence-electron chi connectivity index (χ3n) is 12.8. The van der Waals surface area contributed by atoms with Crippen LogP contribution in [0.5, 0.6) is 0 Å². The second-order valence-electron chi connectivity index (χ2n) is 16.7. The van der Waals surface area contributed by atoms with Crippen molar-refractivity contribution >= 4 is 158 Å². The highest BCUT2D eigenvalue weighted by Gasteiger charge is 2.36. The Labute approximate surface area is 413 Å². The third-order valence-corrected chi connectivity index (χ3v) is 18.7. The van der Waals surface area contributed by atoms with Gasteiger partial charge < -0.3 is 0 Å². The molecule has 0 saturated carbocycles. The number of benzene rings is 6. The van der Waals surface area contributed by atoms with Crippen LogP contribution < -0.4 is 9.80 Å². The van der Waals surface area contributed by atoms with Crippen molar-refractivity contribution in [3.63, 3.8) is 0 Å². The minimum Gasteiger partial charge on any atom is -0.300 e. The molecular weight excluding hydrogens is 957 g/mol. The SMILES string of the molecule is O=C1C(=Cc2ccc(N3c4ccccc4Sc4ccc(-c5ccc6c(c5)N(c5ccc(/C=C7\C(=O)c8cc9ccsc9cc8C7=O)s5)c5ccccc5S6)cc43)s2)C(=O)c2cc3cscc3cc21. The van der Waals surface area contributed by atoms with E-state index in [1.54, 1.807) is 81.0 Å². The van der Waals surface area contributed by atoms with E-state index in [0.29, 0.717) is 22.3 Å². The molecule has 4 aromatic heterocycles. The number of hydrogen-bond donors (Lipinski definition) is 0. The molecule has 0 amide bonds. The zero-order chi connectivity index (χ0) is 45.4. The summed E-state index contributed by atoms with van der Waals surface area (Å²) in [7, 11) is 0. The maximum atomic E-state index is 13.7. The van der Waals surface area contributed by atoms with Gasteiger partial charge in [0.1, 0.15) is 10.0 Å². The lowest BCUT2D eigenvalue weighted by molar-refractivity contribution is 0.0975. The minimum atomic E-state index is -0.228. The van der Waals surface area contributed by atoms with Gasteiger partial charge in [-0.2, -0.15) is 11.3 Å². The fourth-order valence-electron chi connectivity index (χ4n) is 9.54. The van der Waals surface area contributed by atoms with Gasteiger partial charge in [0.2, 0.25) is 0 Å². The number of anilines is 6. The number of ketones is 4. The van der Waals surface area contributed by atoms with Gasteiger partial charge in [0, 0.05) is 56.3 Å². The zero-order valence-corrected chi connectivity index (χ0v) is 40.0. The Balaban J connectivity index is 0.818. The van der Waals surface area contributed by atoms with Crippen molar-refractivity contribution in [1.29, 1.82) is 0 Å². The Kier molecular flexibility index (Phi) is 9.05. The molecule has 2 aliphatic carbocycles. The molecule has 2 aliphatic heterocycles. The van der Waals surface area contributed by atoms with Gasteiger partial charge in [-0.25, -0.2) is 0 Å². The molecule has 0 radical (unpaired) electrons. The molecule has 0 fully saturated rings. The molecule has 6 nitrogen and oxygen atoms in total. The van der Waals surface area contributed by atoms with Gasteiger partial charge in [0.05, 0.1) is 33.9 Å². The zero-order valence-electron chi connectivity index (χ0n) is 35.1. The van der Waals surface area contributed by atoms with Crippen LogP contribution in [0.15, 0.2) is 186 Å². The first-order chi connectivity index (χ1) is 33.3. The number of para-hydroxylation sites is 2. The Morgan fingerprint density at radius 3 is 1.38 bits per heavy atom. The van der Waals surface area contributed by atoms with E-state index in [0.717, 1.165) is 94.1 Å². The first kappa shape index (κ1) is 40.2. The molecule has 0 atom stereocenters. The fraction of sp³-hybridized carbons (Fsp3) is 0. The van der Waals surface area contributed by atoms with Gasteiger partial charge >= 0.3 is 0 Å². The van der Waals surface area contributed by atoms with E-state index in [1.807, 2.05) is 58.6 Å². The summed E-state index contributed by atoms with van der Waals surface area (Å²) in [5.41, 5.74) is 8.58. The number of carbonyl (C=O) groups is 4. The van der Waals surface area contributed by atoms with E-state index < -0.39 is 0 Å². The Hall–Kier alpha value is -6.90. The second-order valence-corrected chi connectivity index (χ2v) is 22.8. The minimum absolute atomic E-state index is 0.199. The van der Waals surface area contributed by atoms with Crippen LogP contribution in [0.25, 0.3) is 44.1 Å². The highest BCUT2D eigenvalue weighted by atomic mass is 32.2. The molecule has 4 aliphatic rings. The largest absolute Gasteiger partial charge is 0.300 e. The van der Waals surface area contributed by atoms with Crippen molar-refractivity contribution in [2.75, 3.05) is 9.80 Å². The van der Waals surface area contributed by atoms with Crippen LogP contribution in [0, 0.1) is 0 Å². The molecule has 0 N–H and O–H groups in total. The molecule has 0 spiro atoms. The van der Waals surface area contributed by atoms with E-state index >= 15 is 0 Å². The maximum absolute atomic E-state index is 13.7. The van der Waals surface area contributed by atoms with E-state index in [4.69, 9.17) is 0 Å². The molecule has 10 aromatic rings. The van der Waals surface area contributed by atoms with Gasteiger partial charge in [-0.15, -0.1) is 34.0 Å². The monoisotopic (exact) mass is 984 g/mol. The lowest BCUT2D eigenvalue weighted by Gasteiger charge is -2.33. The van der Waals surface area contributed by atoms with Crippen LogP contribution in [-0.2, 0) is 0 Å². The molecular formula is C56H28N2O4S6. The Bertz CT molecular complexity index is 3630. The molecule has 322 valence electrons. The van der Waals surface area contributed by atoms with E-state index in [2.05, 4.69) is 107 Å². The molecule has 14 rings (SSSR count). The van der Waals surface area contributed by atoms with Gasteiger partial charge in [-0.1, -0.05) is 59.9 Å². The Morgan fingerprint density at radius 1 is 0.412 bits per heavy atom. The third kappa shape index (κ3) is 6.22. The molecule has 12 heteroatoms. The van der Waals surface area contributed by atoms with Crippen molar-refractivity contribution in [3.8, 4) is 11.1 Å². The molecule has 0 saturated heterocycles. The molecule has 6 aromatic carbocycles. The van der Waals surface area contributed by atoms with Crippen LogP contribution in [0.2, 0.25) is 0 Å². The Morgan fingerprint density at radius 2 is 0.868 bits per heavy atom. The maximum Gasteiger partial charge on any atom is 0.197 e. The average molecular weight is 985 g/mol. The van der Waals surface area contributed by atoms with Gasteiger partial charge in [0.25, 0.3) is 0 Å². The van der Waals surface area contributed by atoms with E-state index in [9.17, 15) is 19.2 Å². The highest BCUT2D eigenvalue weighted by Crippen LogP contribution is 2.56. The summed E-state index contributed by atoms with van der Waals surface area (Å²) in [6.45, 7) is 0. The fourth-order valence-corrected chi connectivity index (χ4v) is 15.1. The molecule has 0 unspecified atom stereocenters. The summed E-state index contributed by atoms with van der Waals surface area (Å²) in [4.78, 5) is 65.4. The number of rotatable bonds is 5. The van der Waals surface area contributed by atoms with E-state index in [1.165, 1.54) is 0 Å². The number of fused-ring (bicyclic) bond motifs is 8. The second kappa shape index (κ2) is 15.3. The van der Waals surface area contributed by atoms with E-state index in [-0.39, 0.29) is 34.3 Å². The smallest absolute Gasteiger partial charge is 0.197 e. The predicted octanol–water partition coefficient (Wildman–Crippen LogP) is 16.7. The first-order valence-electron chi connectivity index (χ1n) is 21.6. The van der Waals surface area contributed by atoms with Crippen molar-refractivity contribution in [2.24, 2.45) is 0 Å². The summed E-state index contributed by atoms with van der Waals surface area (Å²) >= 11 is 9.71. The average Bonchev–Trinajstić information content (AvgIpc) is 4.25. The number of Topliss-reactive ketones (excluding diaryl/α,β-unsaturated/α-hetero) is 4. The van der Waals surface area contributed by atoms with Crippen molar-refractivity contribution in [2.45, 2.75) is 19.6 Å². The van der Waals surface area contributed by atoms with Crippen LogP contribution >= 0.6 is 68.9 Å². The quantitative estimate of drug-likeness (QED) is 0.125. The summed E-state index contributed by atoms with van der Waals surface area (Å²) < 4.78 is 0.997. The summed E-state index contributed by atoms with van der Waals surface area (Å²) in [6, 6.07) is 47.6. The van der Waals surface area contributed by atoms with Crippen LogP contribution in [0.1, 0.15) is 51.2 Å². The molecule has 68 heavy (non-hydrogen) atoms. The van der Waals surface area contributed by atoms with Gasteiger partial charge in [0.15, 0.2) is 23.1 Å². The number of carbonyl (C=O) groups excluding carboxylic acids is 4. The summed E-state index contributed by atoms with van der Waals surface area (Å²) in [5, 5.41) is 10.8. The lowest BCUT2D eigenvalue weighted by Crippen LogP contribution is -2.14. The lowest BCUT2D eigenvalue weighted by atomic mass is 10.0. The van der Waals surface area contributed by atoms with Gasteiger partial charge in [-0.3, -0.25) is 29.0 Å². The van der Waals surface area contributed by atoms with Crippen LogP contribution in [0.3, 0.4) is 0 Å². The summed E-state index contributed by atoms with van der Waals surface area (Å²) in [5.74, 6) is -0.912. The number of hydrogen-bond acceptors (Lipinski definition) is 12. The molecule has 6 heterocycles. The number of thiophene rings is 4. The van der Waals surface area contributed by atoms with Crippen molar-refractivity contribution in [3.05, 3.63) is 199 Å². The topological polar surface area (TPSA) is 74.8 Å². The highest BCUT2D eigenvalue weighted by molar-refractivity contribution is 8.00. The first-order valence-corrected chi connectivity index (χ1v) is 26.7. The van der Waals surface area contributed by atoms with Crippen LogP contribution in [-0.4, -0.2) is 23.1 Å². The predicted molar refractivity (Wildman–Crippen MR) is 282 cm³/mol. The summed E-state index contributed by atoms with van der Waals surface area (Å²) in [6.07, 6.45) is 3.51. The number of nitrogens with zero attached hydrogens (tertiary/aromatic N) is 2. The van der Waals surface area contributed by atoms with Crippen LogP contribution in [0.4, 0.5) is 32.8 Å². The van der Waals surface area contributed by atoms with Gasteiger partial charge in [-0.05, 0) is 159 Å². The number of allylic oxidation sites excluding steroid dienone is 2. The van der Waals surface area contributed by atoms with Crippen molar-refractivity contribution < 1.29 is 19.2 Å². The standard InChI is InChI=1S/C56H28N2O4S6/c59-53-36-19-31-17-18-64-50(31)26-39(36)56(62)41(53)25-35-12-16-52(66-35)58-43-6-2-4-8-47(43)68-49-14-10-30(23-45(49)58)29-9-13-48-44(22-29)57(42-5-1-3-7-46(42)67-48)51-15-11-34(65-51)24-40-54(60)37-20-32-27-63-28-33(32)21-38(37)55(40)61/h1-28H/b41-25+. The normalized spacial score (nSPS) is 15.3. The van der Waals surface area contributed by atoms with Crippen molar-refractivity contribution in [1.82, 2.24) is 0 Å². The molecule has 0 bridgehead atoms.